The Hall–Kier alpha value is -1.75. The van der Waals surface area contributed by atoms with Crippen molar-refractivity contribution in [3.05, 3.63) is 71.0 Å². The third-order valence-electron chi connectivity index (χ3n) is 5.68. The van der Waals surface area contributed by atoms with Crippen LogP contribution in [-0.4, -0.2) is 35.3 Å². The van der Waals surface area contributed by atoms with Gasteiger partial charge in [0.25, 0.3) is 0 Å². The van der Waals surface area contributed by atoms with Crippen molar-refractivity contribution in [2.75, 3.05) is 13.2 Å². The quantitative estimate of drug-likeness (QED) is 0.929. The molecule has 2 saturated heterocycles. The average Bonchev–Trinajstić information content (AvgIpc) is 2.59. The molecular weight excluding hydrogens is 317 g/mol. The van der Waals surface area contributed by atoms with Crippen LogP contribution in [0.5, 0.6) is 0 Å². The zero-order chi connectivity index (χ0) is 17.4. The Morgan fingerprint density at radius 3 is 2.44 bits per heavy atom. The van der Waals surface area contributed by atoms with E-state index in [1.807, 2.05) is 12.1 Å². The molecule has 0 saturated carbocycles. The molecule has 2 atom stereocenters. The zero-order valence-corrected chi connectivity index (χ0v) is 14.5. The third-order valence-corrected chi connectivity index (χ3v) is 5.68. The van der Waals surface area contributed by atoms with Crippen molar-refractivity contribution in [3.63, 3.8) is 0 Å². The van der Waals surface area contributed by atoms with Crippen LogP contribution in [0, 0.1) is 12.7 Å². The number of hydrogen-bond acceptors (Lipinski definition) is 3. The Bertz CT molecular complexity index is 735. The van der Waals surface area contributed by atoms with Crippen LogP contribution in [0.3, 0.4) is 0 Å². The first-order valence-electron chi connectivity index (χ1n) is 8.92. The van der Waals surface area contributed by atoms with Gasteiger partial charge in [0.1, 0.15) is 5.82 Å². The molecule has 2 aliphatic heterocycles. The minimum atomic E-state index is -0.988. The van der Waals surface area contributed by atoms with Gasteiger partial charge in [-0.15, -0.1) is 0 Å². The van der Waals surface area contributed by atoms with Gasteiger partial charge in [0.15, 0.2) is 0 Å². The minimum Gasteiger partial charge on any atom is -0.385 e. The van der Waals surface area contributed by atoms with Crippen molar-refractivity contribution in [1.29, 1.82) is 0 Å². The first kappa shape index (κ1) is 16.7. The molecule has 2 fully saturated rings. The zero-order valence-electron chi connectivity index (χ0n) is 14.5. The largest absolute Gasteiger partial charge is 0.385 e. The number of ether oxygens (including phenoxy) is 1. The molecule has 0 spiro atoms. The van der Waals surface area contributed by atoms with Gasteiger partial charge in [-0.2, -0.15) is 0 Å². The molecule has 4 rings (SSSR count). The predicted octanol–water partition coefficient (Wildman–Crippen LogP) is 3.39. The number of fused-ring (bicyclic) bond motifs is 2. The second-order valence-corrected chi connectivity index (χ2v) is 7.36. The topological polar surface area (TPSA) is 32.7 Å². The number of benzene rings is 2. The minimum absolute atomic E-state index is 0.139. The fourth-order valence-corrected chi connectivity index (χ4v) is 4.43. The Balaban J connectivity index is 1.61. The van der Waals surface area contributed by atoms with E-state index in [1.54, 1.807) is 13.0 Å². The molecular formula is C21H24FNO2. The summed E-state index contributed by atoms with van der Waals surface area (Å²) in [5.41, 5.74) is 1.56. The van der Waals surface area contributed by atoms with E-state index in [0.29, 0.717) is 31.6 Å². The lowest BCUT2D eigenvalue weighted by Gasteiger charge is -2.52. The van der Waals surface area contributed by atoms with Crippen LogP contribution in [0.4, 0.5) is 4.39 Å². The van der Waals surface area contributed by atoms with Crippen LogP contribution in [0.15, 0.2) is 48.5 Å². The summed E-state index contributed by atoms with van der Waals surface area (Å²) in [5, 5.41) is 11.4. The lowest BCUT2D eigenvalue weighted by Crippen LogP contribution is -2.60. The van der Waals surface area contributed by atoms with E-state index in [4.69, 9.17) is 4.74 Å². The molecule has 2 aromatic rings. The summed E-state index contributed by atoms with van der Waals surface area (Å²) in [4.78, 5) is 2.45. The average molecular weight is 341 g/mol. The SMILES string of the molecule is Cc1c(F)cccc1C1(O)CC2COCC(C1)N2Cc1ccccc1. The van der Waals surface area contributed by atoms with Gasteiger partial charge in [0.2, 0.25) is 0 Å². The Kier molecular flexibility index (Phi) is 4.36. The van der Waals surface area contributed by atoms with Crippen LogP contribution in [0.1, 0.15) is 29.5 Å². The number of nitrogens with zero attached hydrogens (tertiary/aromatic N) is 1. The van der Waals surface area contributed by atoms with Gasteiger partial charge >= 0.3 is 0 Å². The number of hydrogen-bond donors (Lipinski definition) is 1. The second-order valence-electron chi connectivity index (χ2n) is 7.36. The highest BCUT2D eigenvalue weighted by atomic mass is 19.1. The lowest BCUT2D eigenvalue weighted by molar-refractivity contribution is -0.149. The maximum absolute atomic E-state index is 14.0. The molecule has 1 N–H and O–H groups in total. The second kappa shape index (κ2) is 6.52. The van der Waals surface area contributed by atoms with Crippen molar-refractivity contribution >= 4 is 0 Å². The van der Waals surface area contributed by atoms with E-state index in [9.17, 15) is 9.50 Å². The molecule has 0 aromatic heterocycles. The standard InChI is InChI=1S/C21H24FNO2/c1-15-19(8-5-9-20(15)22)21(24)10-17-13-25-14-18(11-21)23(17)12-16-6-3-2-4-7-16/h2-9,17-18,24H,10-14H2,1H3. The number of piperidine rings is 1. The van der Waals surface area contributed by atoms with E-state index >= 15 is 0 Å². The normalized spacial score (nSPS) is 29.6. The number of halogens is 1. The van der Waals surface area contributed by atoms with E-state index in [0.717, 1.165) is 12.1 Å². The van der Waals surface area contributed by atoms with Gasteiger partial charge in [-0.1, -0.05) is 42.5 Å². The maximum Gasteiger partial charge on any atom is 0.126 e. The number of aliphatic hydroxyl groups is 1. The summed E-state index contributed by atoms with van der Waals surface area (Å²) >= 11 is 0. The molecule has 132 valence electrons. The van der Waals surface area contributed by atoms with Crippen LogP contribution < -0.4 is 0 Å². The van der Waals surface area contributed by atoms with Gasteiger partial charge in [-0.05, 0) is 42.5 Å². The highest BCUT2D eigenvalue weighted by Crippen LogP contribution is 2.42. The molecule has 2 aliphatic rings. The van der Waals surface area contributed by atoms with Crippen molar-refractivity contribution in [2.24, 2.45) is 0 Å². The van der Waals surface area contributed by atoms with Crippen molar-refractivity contribution in [1.82, 2.24) is 4.90 Å². The number of morpholine rings is 1. The fourth-order valence-electron chi connectivity index (χ4n) is 4.43. The predicted molar refractivity (Wildman–Crippen MR) is 94.6 cm³/mol. The van der Waals surface area contributed by atoms with Crippen LogP contribution >= 0.6 is 0 Å². The van der Waals surface area contributed by atoms with Crippen LogP contribution in [0.25, 0.3) is 0 Å². The van der Waals surface area contributed by atoms with Gasteiger partial charge < -0.3 is 9.84 Å². The Morgan fingerprint density at radius 1 is 1.08 bits per heavy atom. The molecule has 0 amide bonds. The van der Waals surface area contributed by atoms with E-state index in [-0.39, 0.29) is 17.9 Å². The van der Waals surface area contributed by atoms with Gasteiger partial charge in [0.05, 0.1) is 18.8 Å². The first-order valence-corrected chi connectivity index (χ1v) is 8.92. The lowest BCUT2D eigenvalue weighted by atomic mass is 9.75. The maximum atomic E-state index is 14.0. The smallest absolute Gasteiger partial charge is 0.126 e. The number of rotatable bonds is 3. The van der Waals surface area contributed by atoms with E-state index in [2.05, 4.69) is 29.2 Å². The van der Waals surface area contributed by atoms with Crippen LogP contribution in [-0.2, 0) is 16.9 Å². The van der Waals surface area contributed by atoms with Gasteiger partial charge in [-0.3, -0.25) is 4.90 Å². The Labute approximate surface area is 148 Å². The van der Waals surface area contributed by atoms with Crippen LogP contribution in [0.2, 0.25) is 0 Å². The molecule has 3 nitrogen and oxygen atoms in total. The molecule has 0 aliphatic carbocycles. The van der Waals surface area contributed by atoms with Gasteiger partial charge in [-0.25, -0.2) is 4.39 Å². The first-order chi connectivity index (χ1) is 12.1. The molecule has 4 heteroatoms. The Morgan fingerprint density at radius 2 is 1.76 bits per heavy atom. The summed E-state index contributed by atoms with van der Waals surface area (Å²) in [6.07, 6.45) is 1.14. The third kappa shape index (κ3) is 3.10. The summed E-state index contributed by atoms with van der Waals surface area (Å²) in [6.45, 7) is 3.84. The molecule has 2 unspecified atom stereocenters. The summed E-state index contributed by atoms with van der Waals surface area (Å²) < 4.78 is 19.8. The molecule has 2 aromatic carbocycles. The van der Waals surface area contributed by atoms with Gasteiger partial charge in [0, 0.05) is 18.6 Å². The summed E-state index contributed by atoms with van der Waals surface area (Å²) in [5.74, 6) is -0.251. The van der Waals surface area contributed by atoms with Crippen molar-refractivity contribution in [2.45, 2.75) is 44.0 Å². The highest BCUT2D eigenvalue weighted by Gasteiger charge is 2.47. The van der Waals surface area contributed by atoms with E-state index in [1.165, 1.54) is 11.6 Å². The van der Waals surface area contributed by atoms with E-state index < -0.39 is 5.60 Å². The molecule has 25 heavy (non-hydrogen) atoms. The fraction of sp³-hybridized carbons (Fsp3) is 0.429. The van der Waals surface area contributed by atoms with Crippen molar-refractivity contribution in [3.8, 4) is 0 Å². The monoisotopic (exact) mass is 341 g/mol. The summed E-state index contributed by atoms with van der Waals surface area (Å²) in [7, 11) is 0. The molecule has 2 heterocycles. The molecule has 2 bridgehead atoms. The van der Waals surface area contributed by atoms with Crippen molar-refractivity contribution < 1.29 is 14.2 Å². The molecule has 0 radical (unpaired) electrons. The highest BCUT2D eigenvalue weighted by molar-refractivity contribution is 5.34. The summed E-state index contributed by atoms with van der Waals surface area (Å²) in [6, 6.07) is 15.7.